The zero-order chi connectivity index (χ0) is 10.3. The van der Waals surface area contributed by atoms with Gasteiger partial charge in [-0.25, -0.2) is 4.79 Å². The van der Waals surface area contributed by atoms with Crippen molar-refractivity contribution >= 4 is 14.3 Å². The molecule has 0 fully saturated rings. The Kier molecular flexibility index (Phi) is 5.66. The SMILES string of the molecule is C=CC(=O)OCCC[Si](C)(C)OC. The zero-order valence-corrected chi connectivity index (χ0v) is 9.63. The van der Waals surface area contributed by atoms with Crippen molar-refractivity contribution in [1.29, 1.82) is 0 Å². The molecule has 3 nitrogen and oxygen atoms in total. The van der Waals surface area contributed by atoms with E-state index in [-0.39, 0.29) is 5.97 Å². The highest BCUT2D eigenvalue weighted by Gasteiger charge is 2.19. The van der Waals surface area contributed by atoms with Gasteiger partial charge in [0, 0.05) is 13.2 Å². The fourth-order valence-corrected chi connectivity index (χ4v) is 2.03. The van der Waals surface area contributed by atoms with Crippen LogP contribution >= 0.6 is 0 Å². The largest absolute Gasteiger partial charge is 0.463 e. The summed E-state index contributed by atoms with van der Waals surface area (Å²) in [5, 5.41) is 0. The summed E-state index contributed by atoms with van der Waals surface area (Å²) >= 11 is 0. The van der Waals surface area contributed by atoms with Gasteiger partial charge in [-0.3, -0.25) is 0 Å². The van der Waals surface area contributed by atoms with Gasteiger partial charge in [-0.2, -0.15) is 0 Å². The third-order valence-electron chi connectivity index (χ3n) is 1.89. The van der Waals surface area contributed by atoms with E-state index in [0.717, 1.165) is 12.5 Å². The van der Waals surface area contributed by atoms with Crippen molar-refractivity contribution < 1.29 is 14.0 Å². The van der Waals surface area contributed by atoms with Crippen LogP contribution < -0.4 is 0 Å². The quantitative estimate of drug-likeness (QED) is 0.286. The van der Waals surface area contributed by atoms with E-state index in [4.69, 9.17) is 9.16 Å². The van der Waals surface area contributed by atoms with E-state index in [1.54, 1.807) is 7.11 Å². The first kappa shape index (κ1) is 12.4. The van der Waals surface area contributed by atoms with Gasteiger partial charge in [-0.15, -0.1) is 0 Å². The third-order valence-corrected chi connectivity index (χ3v) is 4.55. The van der Waals surface area contributed by atoms with Crippen LogP contribution in [0.25, 0.3) is 0 Å². The first-order valence-electron chi connectivity index (χ1n) is 4.36. The van der Waals surface area contributed by atoms with Crippen molar-refractivity contribution in [2.45, 2.75) is 25.6 Å². The molecule has 4 heteroatoms. The van der Waals surface area contributed by atoms with Crippen LogP contribution in [0.4, 0.5) is 0 Å². The molecule has 0 aliphatic carbocycles. The Labute approximate surface area is 80.9 Å². The summed E-state index contributed by atoms with van der Waals surface area (Å²) in [6.45, 7) is 8.06. The number of hydrogen-bond acceptors (Lipinski definition) is 3. The first-order chi connectivity index (χ1) is 6.02. The molecule has 0 unspecified atom stereocenters. The lowest BCUT2D eigenvalue weighted by molar-refractivity contribution is -0.137. The monoisotopic (exact) mass is 202 g/mol. The second-order valence-electron chi connectivity index (χ2n) is 3.44. The van der Waals surface area contributed by atoms with E-state index in [1.165, 1.54) is 6.08 Å². The van der Waals surface area contributed by atoms with Crippen LogP contribution in [0.1, 0.15) is 6.42 Å². The summed E-state index contributed by atoms with van der Waals surface area (Å²) in [5.41, 5.74) is 0. The van der Waals surface area contributed by atoms with Crippen molar-refractivity contribution in [2.75, 3.05) is 13.7 Å². The summed E-state index contributed by atoms with van der Waals surface area (Å²) in [6.07, 6.45) is 2.05. The Morgan fingerprint density at radius 1 is 1.54 bits per heavy atom. The van der Waals surface area contributed by atoms with Gasteiger partial charge in [0.25, 0.3) is 0 Å². The minimum atomic E-state index is -1.48. The van der Waals surface area contributed by atoms with Crippen molar-refractivity contribution in [3.05, 3.63) is 12.7 Å². The Bertz CT molecular complexity index is 178. The molecular formula is C9H18O3Si. The lowest BCUT2D eigenvalue weighted by atomic mass is 10.5. The van der Waals surface area contributed by atoms with E-state index in [9.17, 15) is 4.79 Å². The van der Waals surface area contributed by atoms with Gasteiger partial charge in [0.1, 0.15) is 0 Å². The molecular weight excluding hydrogens is 184 g/mol. The molecule has 0 bridgehead atoms. The van der Waals surface area contributed by atoms with Crippen LogP contribution in [-0.4, -0.2) is 28.0 Å². The van der Waals surface area contributed by atoms with Gasteiger partial charge in [0.05, 0.1) is 6.61 Å². The summed E-state index contributed by atoms with van der Waals surface area (Å²) in [4.78, 5) is 10.6. The van der Waals surface area contributed by atoms with Gasteiger partial charge in [-0.05, 0) is 25.6 Å². The van der Waals surface area contributed by atoms with Gasteiger partial charge in [-0.1, -0.05) is 6.58 Å². The van der Waals surface area contributed by atoms with Gasteiger partial charge >= 0.3 is 5.97 Å². The van der Waals surface area contributed by atoms with Gasteiger partial charge in [0.2, 0.25) is 0 Å². The van der Waals surface area contributed by atoms with Crippen LogP contribution in [-0.2, 0) is 14.0 Å². The van der Waals surface area contributed by atoms with E-state index in [1.807, 2.05) is 0 Å². The maximum absolute atomic E-state index is 10.6. The fraction of sp³-hybridized carbons (Fsp3) is 0.667. The Morgan fingerprint density at radius 3 is 2.62 bits per heavy atom. The molecule has 0 saturated carbocycles. The molecule has 0 rings (SSSR count). The zero-order valence-electron chi connectivity index (χ0n) is 8.63. The van der Waals surface area contributed by atoms with Gasteiger partial charge < -0.3 is 9.16 Å². The highest BCUT2D eigenvalue weighted by Crippen LogP contribution is 2.11. The Hall–Kier alpha value is -0.613. The number of ether oxygens (including phenoxy) is 1. The minimum Gasteiger partial charge on any atom is -0.463 e. The van der Waals surface area contributed by atoms with E-state index in [0.29, 0.717) is 6.61 Å². The number of carbonyl (C=O) groups excluding carboxylic acids is 1. The van der Waals surface area contributed by atoms with Crippen LogP contribution in [0.15, 0.2) is 12.7 Å². The van der Waals surface area contributed by atoms with Crippen LogP contribution in [0, 0.1) is 0 Å². The number of esters is 1. The lowest BCUT2D eigenvalue weighted by Crippen LogP contribution is -2.28. The van der Waals surface area contributed by atoms with Crippen molar-refractivity contribution in [1.82, 2.24) is 0 Å². The smallest absolute Gasteiger partial charge is 0.330 e. The molecule has 0 radical (unpaired) electrons. The van der Waals surface area contributed by atoms with E-state index < -0.39 is 8.32 Å². The normalized spacial score (nSPS) is 11.0. The van der Waals surface area contributed by atoms with Crippen molar-refractivity contribution in [3.63, 3.8) is 0 Å². The molecule has 0 N–H and O–H groups in total. The van der Waals surface area contributed by atoms with E-state index >= 15 is 0 Å². The Balaban J connectivity index is 3.46. The van der Waals surface area contributed by atoms with Crippen LogP contribution in [0.2, 0.25) is 19.1 Å². The van der Waals surface area contributed by atoms with Crippen LogP contribution in [0.5, 0.6) is 0 Å². The third kappa shape index (κ3) is 6.54. The van der Waals surface area contributed by atoms with Crippen LogP contribution in [0.3, 0.4) is 0 Å². The highest BCUT2D eigenvalue weighted by molar-refractivity contribution is 6.71. The topological polar surface area (TPSA) is 35.5 Å². The molecule has 0 aliphatic rings. The molecule has 13 heavy (non-hydrogen) atoms. The number of carbonyl (C=O) groups is 1. The molecule has 0 spiro atoms. The maximum Gasteiger partial charge on any atom is 0.330 e. The molecule has 0 aromatic carbocycles. The first-order valence-corrected chi connectivity index (χ1v) is 7.48. The molecule has 0 aliphatic heterocycles. The molecule has 76 valence electrons. The minimum absolute atomic E-state index is 0.350. The average molecular weight is 202 g/mol. The second kappa shape index (κ2) is 5.94. The van der Waals surface area contributed by atoms with Gasteiger partial charge in [0.15, 0.2) is 8.32 Å². The molecule has 0 heterocycles. The van der Waals surface area contributed by atoms with E-state index in [2.05, 4.69) is 19.7 Å². The highest BCUT2D eigenvalue weighted by atomic mass is 28.4. The summed E-state index contributed by atoms with van der Waals surface area (Å²) in [7, 11) is 0.261. The molecule has 0 amide bonds. The van der Waals surface area contributed by atoms with Crippen molar-refractivity contribution in [3.8, 4) is 0 Å². The van der Waals surface area contributed by atoms with Crippen molar-refractivity contribution in [2.24, 2.45) is 0 Å². The summed E-state index contributed by atoms with van der Waals surface area (Å²) < 4.78 is 10.2. The molecule has 0 atom stereocenters. The standard InChI is InChI=1S/C9H18O3Si/c1-5-9(10)12-7-6-8-13(3,4)11-2/h5H,1,6-8H2,2-4H3. The predicted octanol–water partition coefficient (Wildman–Crippen LogP) is 1.96. The molecule has 0 aromatic heterocycles. The second-order valence-corrected chi connectivity index (χ2v) is 7.87. The number of hydrogen-bond donors (Lipinski definition) is 0. The Morgan fingerprint density at radius 2 is 2.15 bits per heavy atom. The molecule has 0 aromatic rings. The number of rotatable bonds is 6. The summed E-state index contributed by atoms with van der Waals surface area (Å²) in [6, 6.07) is 1.01. The fourth-order valence-electron chi connectivity index (χ4n) is 0.832. The maximum atomic E-state index is 10.6. The average Bonchev–Trinajstić information content (AvgIpc) is 2.12. The molecule has 0 saturated heterocycles. The summed E-state index contributed by atoms with van der Waals surface area (Å²) in [5.74, 6) is -0.350. The predicted molar refractivity (Wildman–Crippen MR) is 55.1 cm³/mol. The lowest BCUT2D eigenvalue weighted by Gasteiger charge is -2.19.